The highest BCUT2D eigenvalue weighted by Crippen LogP contribution is 2.18. The molecule has 0 aromatic heterocycles. The van der Waals surface area contributed by atoms with Gasteiger partial charge in [0.25, 0.3) is 0 Å². The molecule has 0 bridgehead atoms. The van der Waals surface area contributed by atoms with Gasteiger partial charge in [-0.3, -0.25) is 4.79 Å². The van der Waals surface area contributed by atoms with E-state index in [1.165, 1.54) is 16.7 Å². The van der Waals surface area contributed by atoms with E-state index < -0.39 is 6.10 Å². The average Bonchev–Trinajstić information content (AvgIpc) is 2.58. The second kappa shape index (κ2) is 9.86. The lowest BCUT2D eigenvalue weighted by Crippen LogP contribution is -3.00. The Hall–Kier alpha value is -1.68. The van der Waals surface area contributed by atoms with Crippen molar-refractivity contribution in [3.05, 3.63) is 69.8 Å². The fourth-order valence-electron chi connectivity index (χ4n) is 2.92. The maximum absolute atomic E-state index is 12.3. The fraction of sp³-hybridized carbons (Fsp3) is 0.409. The predicted octanol–water partition coefficient (Wildman–Crippen LogP) is 0.183. The van der Waals surface area contributed by atoms with E-state index in [1.54, 1.807) is 0 Å². The zero-order chi connectivity index (χ0) is 18.6. The Morgan fingerprint density at radius 2 is 1.54 bits per heavy atom. The van der Waals surface area contributed by atoms with Crippen LogP contribution in [0.25, 0.3) is 0 Å². The van der Waals surface area contributed by atoms with E-state index in [0.717, 1.165) is 16.7 Å². The van der Waals surface area contributed by atoms with Crippen molar-refractivity contribution in [2.75, 3.05) is 6.54 Å². The van der Waals surface area contributed by atoms with Crippen LogP contribution in [0.5, 0.6) is 0 Å². The summed E-state index contributed by atoms with van der Waals surface area (Å²) in [5.41, 5.74) is 6.48. The summed E-state index contributed by atoms with van der Waals surface area (Å²) in [7, 11) is 0. The molecule has 0 aliphatic rings. The van der Waals surface area contributed by atoms with Gasteiger partial charge in [-0.15, -0.1) is 0 Å². The van der Waals surface area contributed by atoms with Crippen LogP contribution in [0.1, 0.15) is 57.6 Å². The van der Waals surface area contributed by atoms with E-state index in [4.69, 9.17) is 0 Å². The van der Waals surface area contributed by atoms with Crippen LogP contribution in [0.2, 0.25) is 0 Å². The number of halogens is 1. The summed E-state index contributed by atoms with van der Waals surface area (Å²) < 4.78 is 0. The lowest BCUT2D eigenvalue weighted by atomic mass is 9.98. The van der Waals surface area contributed by atoms with Crippen molar-refractivity contribution >= 4 is 5.78 Å². The monoisotopic (exact) mass is 375 g/mol. The summed E-state index contributed by atoms with van der Waals surface area (Å²) in [5, 5.41) is 12.6. The van der Waals surface area contributed by atoms with Gasteiger partial charge in [0.1, 0.15) is 12.1 Å². The fourth-order valence-corrected chi connectivity index (χ4v) is 2.92. The number of carbonyl (C=O) groups excluding carboxylic acids is 1. The molecule has 0 amide bonds. The van der Waals surface area contributed by atoms with E-state index in [9.17, 15) is 9.90 Å². The number of hydrogen-bond acceptors (Lipinski definition) is 2. The molecule has 0 aliphatic carbocycles. The molecular weight excluding hydrogens is 346 g/mol. The van der Waals surface area contributed by atoms with Gasteiger partial charge >= 0.3 is 0 Å². The van der Waals surface area contributed by atoms with Crippen molar-refractivity contribution in [3.8, 4) is 0 Å². The molecule has 0 radical (unpaired) electrons. The molecule has 0 saturated carbocycles. The number of carbonyl (C=O) groups is 1. The molecule has 3 N–H and O–H groups in total. The van der Waals surface area contributed by atoms with Crippen LogP contribution in [0.15, 0.2) is 36.4 Å². The maximum atomic E-state index is 12.3. The van der Waals surface area contributed by atoms with Crippen molar-refractivity contribution < 1.29 is 27.6 Å². The lowest BCUT2D eigenvalue weighted by molar-refractivity contribution is -0.693. The van der Waals surface area contributed by atoms with Crippen LogP contribution < -0.4 is 17.7 Å². The summed E-state index contributed by atoms with van der Waals surface area (Å²) in [6.07, 6.45) is -0.0528. The van der Waals surface area contributed by atoms with Crippen molar-refractivity contribution in [2.45, 2.75) is 53.2 Å². The van der Waals surface area contributed by atoms with Gasteiger partial charge in [-0.05, 0) is 68.5 Å². The molecule has 2 atom stereocenters. The third-order valence-corrected chi connectivity index (χ3v) is 5.11. The Balaban J connectivity index is 0.00000338. The van der Waals surface area contributed by atoms with Crippen LogP contribution in [-0.4, -0.2) is 23.5 Å². The zero-order valence-corrected chi connectivity index (χ0v) is 17.1. The van der Waals surface area contributed by atoms with Gasteiger partial charge in [0, 0.05) is 5.56 Å². The third kappa shape index (κ3) is 5.66. The normalized spacial score (nSPS) is 13.0. The Morgan fingerprint density at radius 3 is 2.12 bits per heavy atom. The zero-order valence-electron chi connectivity index (χ0n) is 16.3. The second-order valence-electron chi connectivity index (χ2n) is 7.14. The summed E-state index contributed by atoms with van der Waals surface area (Å²) in [4.78, 5) is 12.3. The number of rotatable bonds is 7. The molecule has 0 heterocycles. The Bertz CT molecular complexity index is 758. The highest BCUT2D eigenvalue weighted by atomic mass is 35.5. The highest BCUT2D eigenvalue weighted by Gasteiger charge is 2.20. The van der Waals surface area contributed by atoms with Crippen LogP contribution in [-0.2, 0) is 0 Å². The van der Waals surface area contributed by atoms with Crippen LogP contribution in [0.3, 0.4) is 0 Å². The Labute approximate surface area is 163 Å². The van der Waals surface area contributed by atoms with E-state index in [-0.39, 0.29) is 24.2 Å². The number of aryl methyl sites for hydroxylation is 4. The van der Waals surface area contributed by atoms with Crippen LogP contribution in [0.4, 0.5) is 0 Å². The second-order valence-corrected chi connectivity index (χ2v) is 7.14. The maximum Gasteiger partial charge on any atom is 0.168 e. The minimum Gasteiger partial charge on any atom is -1.00 e. The standard InChI is InChI=1S/C22H29NO2.ClH/c1-14-6-8-19(12-16(14)3)21(24)10-11-23-18(5)22(25)20-9-7-15(2)17(4)13-20;/h6-9,12-13,18,22-23,25H,10-11H2,1-5H3;1H. The molecule has 4 heteroatoms. The molecule has 26 heavy (non-hydrogen) atoms. The first-order chi connectivity index (χ1) is 11.8. The number of quaternary nitrogens is 1. The molecule has 2 aromatic carbocycles. The molecule has 0 aliphatic heterocycles. The van der Waals surface area contributed by atoms with Gasteiger partial charge in [-0.1, -0.05) is 30.3 Å². The quantitative estimate of drug-likeness (QED) is 0.678. The molecule has 3 nitrogen and oxygen atoms in total. The van der Waals surface area contributed by atoms with E-state index >= 15 is 0 Å². The van der Waals surface area contributed by atoms with E-state index in [2.05, 4.69) is 19.2 Å². The molecule has 0 fully saturated rings. The minimum atomic E-state index is -0.531. The summed E-state index contributed by atoms with van der Waals surface area (Å²) in [6, 6.07) is 11.9. The van der Waals surface area contributed by atoms with Gasteiger partial charge in [0.05, 0.1) is 13.0 Å². The van der Waals surface area contributed by atoms with Crippen LogP contribution in [0, 0.1) is 27.7 Å². The Kier molecular flexibility index (Phi) is 8.48. The molecule has 142 valence electrons. The van der Waals surface area contributed by atoms with Crippen molar-refractivity contribution in [1.82, 2.24) is 0 Å². The molecule has 2 rings (SSSR count). The number of aliphatic hydroxyl groups excluding tert-OH is 1. The number of nitrogens with two attached hydrogens (primary N) is 1. The van der Waals surface area contributed by atoms with Crippen LogP contribution >= 0.6 is 0 Å². The topological polar surface area (TPSA) is 53.9 Å². The largest absolute Gasteiger partial charge is 1.00 e. The SMILES string of the molecule is Cc1ccc(C(=O)CC[NH2+]C(C)C(O)c2ccc(C)c(C)c2)cc1C.[Cl-]. The minimum absolute atomic E-state index is 0. The summed E-state index contributed by atoms with van der Waals surface area (Å²) in [5.74, 6) is 0.159. The number of ketones is 1. The molecule has 2 aromatic rings. The number of aliphatic hydroxyl groups is 1. The molecule has 2 unspecified atom stereocenters. The molecule has 0 spiro atoms. The van der Waals surface area contributed by atoms with Gasteiger partial charge in [-0.2, -0.15) is 0 Å². The van der Waals surface area contributed by atoms with Gasteiger partial charge in [-0.25, -0.2) is 0 Å². The average molecular weight is 376 g/mol. The Morgan fingerprint density at radius 1 is 0.962 bits per heavy atom. The van der Waals surface area contributed by atoms with Gasteiger partial charge < -0.3 is 22.8 Å². The number of hydrogen-bond donors (Lipinski definition) is 2. The number of benzene rings is 2. The number of Topliss-reactive ketones (excluding diaryl/α,β-unsaturated/α-hetero) is 1. The van der Waals surface area contributed by atoms with Gasteiger partial charge in [0.15, 0.2) is 5.78 Å². The highest BCUT2D eigenvalue weighted by molar-refractivity contribution is 5.96. The smallest absolute Gasteiger partial charge is 0.168 e. The summed E-state index contributed by atoms with van der Waals surface area (Å²) in [6.45, 7) is 10.9. The van der Waals surface area contributed by atoms with E-state index in [1.807, 2.05) is 57.2 Å². The first kappa shape index (κ1) is 22.4. The van der Waals surface area contributed by atoms with E-state index in [0.29, 0.717) is 13.0 Å². The summed E-state index contributed by atoms with van der Waals surface area (Å²) >= 11 is 0. The lowest BCUT2D eigenvalue weighted by Gasteiger charge is -2.18. The van der Waals surface area contributed by atoms with Crippen molar-refractivity contribution in [2.24, 2.45) is 0 Å². The van der Waals surface area contributed by atoms with Crippen molar-refractivity contribution in [3.63, 3.8) is 0 Å². The third-order valence-electron chi connectivity index (χ3n) is 5.11. The van der Waals surface area contributed by atoms with Crippen molar-refractivity contribution in [1.29, 1.82) is 0 Å². The predicted molar refractivity (Wildman–Crippen MR) is 102 cm³/mol. The van der Waals surface area contributed by atoms with Gasteiger partial charge in [0.2, 0.25) is 0 Å². The first-order valence-corrected chi connectivity index (χ1v) is 8.98. The molecule has 0 saturated heterocycles. The first-order valence-electron chi connectivity index (χ1n) is 8.98. The molecular formula is C22H30ClNO2.